The molecule has 2 bridgehead atoms. The van der Waals surface area contributed by atoms with Gasteiger partial charge in [-0.05, 0) is 42.4 Å². The number of amides is 4. The number of hydrogen-bond acceptors (Lipinski definition) is 7. The molecule has 44 heavy (non-hydrogen) atoms. The van der Waals surface area contributed by atoms with Crippen molar-refractivity contribution in [2.75, 3.05) is 26.2 Å². The lowest BCUT2D eigenvalue weighted by Crippen LogP contribution is -2.55. The Bertz CT molecular complexity index is 1490. The van der Waals surface area contributed by atoms with Crippen molar-refractivity contribution < 1.29 is 23.9 Å². The van der Waals surface area contributed by atoms with Crippen LogP contribution in [-0.4, -0.2) is 82.0 Å². The first-order valence-electron chi connectivity index (χ1n) is 15.1. The molecule has 0 aliphatic carbocycles. The summed E-state index contributed by atoms with van der Waals surface area (Å²) in [5, 5.41) is 16.1. The number of nitrogens with zero attached hydrogens (tertiary/aromatic N) is 3. The number of fused-ring (bicyclic) bond motifs is 3. The molecule has 0 saturated heterocycles. The Hall–Kier alpha value is -4.58. The van der Waals surface area contributed by atoms with Gasteiger partial charge in [0, 0.05) is 43.2 Å². The van der Waals surface area contributed by atoms with Crippen molar-refractivity contribution in [3.8, 4) is 0 Å². The molecule has 12 nitrogen and oxygen atoms in total. The van der Waals surface area contributed by atoms with E-state index in [0.29, 0.717) is 50.0 Å². The number of pyridine rings is 1. The molecule has 0 spiro atoms. The summed E-state index contributed by atoms with van der Waals surface area (Å²) in [6.07, 6.45) is 5.37. The van der Waals surface area contributed by atoms with Gasteiger partial charge in [0.15, 0.2) is 5.69 Å². The van der Waals surface area contributed by atoms with Crippen LogP contribution in [0.15, 0.2) is 48.8 Å². The summed E-state index contributed by atoms with van der Waals surface area (Å²) in [4.78, 5) is 59.8. The molecule has 0 radical (unpaired) electrons. The van der Waals surface area contributed by atoms with Gasteiger partial charge in [-0.15, -0.1) is 0 Å². The molecule has 4 amide bonds. The zero-order valence-electron chi connectivity index (χ0n) is 25.1. The first-order chi connectivity index (χ1) is 21.3. The number of aromatic nitrogens is 3. The number of carbonyl (C=O) groups is 4. The third-order valence-electron chi connectivity index (χ3n) is 7.89. The van der Waals surface area contributed by atoms with E-state index >= 15 is 0 Å². The molecule has 0 saturated carbocycles. The standard InChI is InChI=1S/C32H39N7O5/c1-20(2)28-31(42)35-24(14-21-7-4-3-5-8-21)17-39(32(43)29-25-19-44-12-10-26(25)37-38-29)18-27(40)34-11-6-9-22-13-23(16-33-15-22)30(41)36-28/h3-5,7-8,13,15-16,20,24,28H,6,9-12,14,17-19H2,1-2H3,(H,34,40)(H,35,42)(H,36,41)(H,37,38)/t24-,28-/m1/s1. The topological polar surface area (TPSA) is 158 Å². The van der Waals surface area contributed by atoms with Crippen molar-refractivity contribution in [1.29, 1.82) is 0 Å². The van der Waals surface area contributed by atoms with E-state index in [-0.39, 0.29) is 43.1 Å². The zero-order valence-corrected chi connectivity index (χ0v) is 25.1. The summed E-state index contributed by atoms with van der Waals surface area (Å²) in [5.74, 6) is -1.76. The molecule has 2 atom stereocenters. The van der Waals surface area contributed by atoms with Gasteiger partial charge in [0.2, 0.25) is 11.8 Å². The van der Waals surface area contributed by atoms with Crippen LogP contribution >= 0.6 is 0 Å². The third kappa shape index (κ3) is 7.67. The average molecular weight is 602 g/mol. The van der Waals surface area contributed by atoms with Gasteiger partial charge in [-0.1, -0.05) is 44.2 Å². The fourth-order valence-electron chi connectivity index (χ4n) is 5.53. The van der Waals surface area contributed by atoms with Crippen LogP contribution in [0.4, 0.5) is 0 Å². The minimum absolute atomic E-state index is 0.0405. The maximum Gasteiger partial charge on any atom is 0.275 e. The lowest BCUT2D eigenvalue weighted by molar-refractivity contribution is -0.124. The number of nitrogens with one attached hydrogen (secondary N) is 4. The fourth-order valence-corrected chi connectivity index (χ4v) is 5.53. The quantitative estimate of drug-likeness (QED) is 0.353. The van der Waals surface area contributed by atoms with Crippen LogP contribution in [0, 0.1) is 5.92 Å². The SMILES string of the molecule is CC(C)[C@H]1NC(=O)c2cncc(c2)CCCNC(=O)CN(C(=O)c2n[nH]c3c2COCC3)C[C@@H](Cc2ccccc2)NC1=O. The highest BCUT2D eigenvalue weighted by molar-refractivity contribution is 5.98. The number of aromatic amines is 1. The first kappa shape index (κ1) is 30.9. The van der Waals surface area contributed by atoms with E-state index in [0.717, 1.165) is 16.8 Å². The van der Waals surface area contributed by atoms with Gasteiger partial charge in [0.05, 0.1) is 31.4 Å². The van der Waals surface area contributed by atoms with E-state index in [9.17, 15) is 19.2 Å². The third-order valence-corrected chi connectivity index (χ3v) is 7.89. The summed E-state index contributed by atoms with van der Waals surface area (Å²) in [6, 6.07) is 9.93. The number of H-pyrrole nitrogens is 1. The Morgan fingerprint density at radius 1 is 1.09 bits per heavy atom. The van der Waals surface area contributed by atoms with Crippen LogP contribution in [0.1, 0.15) is 63.5 Å². The number of ether oxygens (including phenoxy) is 1. The smallest absolute Gasteiger partial charge is 0.275 e. The average Bonchev–Trinajstić information content (AvgIpc) is 3.45. The number of benzene rings is 1. The molecular weight excluding hydrogens is 562 g/mol. The summed E-state index contributed by atoms with van der Waals surface area (Å²) in [5.41, 5.74) is 3.88. The minimum atomic E-state index is -0.844. The van der Waals surface area contributed by atoms with Crippen LogP contribution in [0.3, 0.4) is 0 Å². The number of hydrogen-bond donors (Lipinski definition) is 4. The fraction of sp³-hybridized carbons (Fsp3) is 0.438. The highest BCUT2D eigenvalue weighted by atomic mass is 16.5. The monoisotopic (exact) mass is 601 g/mol. The van der Waals surface area contributed by atoms with E-state index in [1.54, 1.807) is 12.3 Å². The highest BCUT2D eigenvalue weighted by Crippen LogP contribution is 2.20. The first-order valence-corrected chi connectivity index (χ1v) is 15.1. The number of carbonyl (C=O) groups excluding carboxylic acids is 4. The summed E-state index contributed by atoms with van der Waals surface area (Å²) in [6.45, 7) is 4.70. The van der Waals surface area contributed by atoms with Crippen LogP contribution < -0.4 is 16.0 Å². The van der Waals surface area contributed by atoms with Gasteiger partial charge < -0.3 is 25.6 Å². The second-order valence-corrected chi connectivity index (χ2v) is 11.6. The van der Waals surface area contributed by atoms with Crippen molar-refractivity contribution in [3.05, 3.63) is 82.4 Å². The Morgan fingerprint density at radius 2 is 1.91 bits per heavy atom. The van der Waals surface area contributed by atoms with E-state index in [4.69, 9.17) is 4.74 Å². The molecule has 0 unspecified atom stereocenters. The second-order valence-electron chi connectivity index (χ2n) is 11.6. The van der Waals surface area contributed by atoms with E-state index in [2.05, 4.69) is 31.1 Å². The lowest BCUT2D eigenvalue weighted by Gasteiger charge is -2.30. The van der Waals surface area contributed by atoms with Gasteiger partial charge in [0.1, 0.15) is 6.04 Å². The molecule has 4 N–H and O–H groups in total. The van der Waals surface area contributed by atoms with Crippen LogP contribution in [-0.2, 0) is 40.2 Å². The van der Waals surface area contributed by atoms with Crippen molar-refractivity contribution in [2.24, 2.45) is 5.92 Å². The minimum Gasteiger partial charge on any atom is -0.376 e. The number of rotatable bonds is 4. The molecule has 1 aromatic carbocycles. The predicted molar refractivity (Wildman–Crippen MR) is 162 cm³/mol. The van der Waals surface area contributed by atoms with Crippen molar-refractivity contribution in [3.63, 3.8) is 0 Å². The maximum absolute atomic E-state index is 14.0. The molecule has 12 heteroatoms. The van der Waals surface area contributed by atoms with Gasteiger partial charge in [0.25, 0.3) is 11.8 Å². The Morgan fingerprint density at radius 3 is 2.70 bits per heavy atom. The van der Waals surface area contributed by atoms with Crippen molar-refractivity contribution in [1.82, 2.24) is 36.0 Å². The molecule has 5 rings (SSSR count). The molecule has 2 aliphatic heterocycles. The highest BCUT2D eigenvalue weighted by Gasteiger charge is 2.32. The Balaban J connectivity index is 1.47. The molecule has 0 fully saturated rings. The van der Waals surface area contributed by atoms with Crippen LogP contribution in [0.25, 0.3) is 0 Å². The van der Waals surface area contributed by atoms with Gasteiger partial charge >= 0.3 is 0 Å². The molecule has 4 heterocycles. The van der Waals surface area contributed by atoms with Crippen molar-refractivity contribution >= 4 is 23.6 Å². The predicted octanol–water partition coefficient (Wildman–Crippen LogP) is 1.56. The van der Waals surface area contributed by atoms with E-state index in [1.165, 1.54) is 11.1 Å². The van der Waals surface area contributed by atoms with Gasteiger partial charge in [-0.3, -0.25) is 29.3 Å². The largest absolute Gasteiger partial charge is 0.376 e. The number of aryl methyl sites for hydroxylation is 1. The molecule has 2 aromatic heterocycles. The molecule has 2 aliphatic rings. The summed E-state index contributed by atoms with van der Waals surface area (Å²) < 4.78 is 5.59. The summed E-state index contributed by atoms with van der Waals surface area (Å²) >= 11 is 0. The molecular formula is C32H39N7O5. The normalized spacial score (nSPS) is 20.2. The van der Waals surface area contributed by atoms with E-state index in [1.807, 2.05) is 44.2 Å². The molecule has 232 valence electrons. The second kappa shape index (κ2) is 14.3. The van der Waals surface area contributed by atoms with Crippen LogP contribution in [0.5, 0.6) is 0 Å². The van der Waals surface area contributed by atoms with Crippen LogP contribution in [0.2, 0.25) is 0 Å². The summed E-state index contributed by atoms with van der Waals surface area (Å²) in [7, 11) is 0. The Labute approximate surface area is 256 Å². The van der Waals surface area contributed by atoms with E-state index < -0.39 is 23.9 Å². The zero-order chi connectivity index (χ0) is 31.1. The lowest BCUT2D eigenvalue weighted by atomic mass is 10.00. The van der Waals surface area contributed by atoms with Gasteiger partial charge in [-0.2, -0.15) is 5.10 Å². The Kier molecular flexibility index (Phi) is 10.0. The molecule has 3 aromatic rings. The van der Waals surface area contributed by atoms with Gasteiger partial charge in [-0.25, -0.2) is 0 Å². The van der Waals surface area contributed by atoms with Crippen molar-refractivity contribution in [2.45, 2.75) is 58.2 Å². The maximum atomic E-state index is 14.0.